The van der Waals surface area contributed by atoms with Crippen LogP contribution in [0.4, 0.5) is 0 Å². The van der Waals surface area contributed by atoms with Crippen molar-refractivity contribution in [3.63, 3.8) is 0 Å². The van der Waals surface area contributed by atoms with Gasteiger partial charge < -0.3 is 49.7 Å². The lowest BCUT2D eigenvalue weighted by Crippen LogP contribution is -2.40. The van der Waals surface area contributed by atoms with Crippen molar-refractivity contribution in [2.24, 2.45) is 70.4 Å². The minimum atomic E-state index is -0.432. The number of ether oxygens (including phenoxy) is 6. The van der Waals surface area contributed by atoms with Crippen LogP contribution in [0, 0.1) is 70.4 Å². The highest BCUT2D eigenvalue weighted by Crippen LogP contribution is 2.28. The third-order valence-electron chi connectivity index (χ3n) is 18.8. The maximum absolute atomic E-state index is 11.6. The van der Waals surface area contributed by atoms with E-state index >= 15 is 0 Å². The number of ketones is 10. The fourth-order valence-electron chi connectivity index (χ4n) is 8.60. The molecule has 0 aliphatic rings. The largest absolute Gasteiger partial charge is 0.465 e. The Bertz CT molecular complexity index is 3440. The Morgan fingerprint density at radius 1 is 0.199 bits per heavy atom. The van der Waals surface area contributed by atoms with E-state index in [0.717, 1.165) is 19.3 Å². The van der Waals surface area contributed by atoms with Crippen LogP contribution in [0.5, 0.6) is 0 Å². The summed E-state index contributed by atoms with van der Waals surface area (Å²) in [5.74, 6) is 1.34. The Balaban J connectivity index is -0.000000191. The van der Waals surface area contributed by atoms with Gasteiger partial charge in [-0.3, -0.25) is 71.9 Å². The molecule has 4 amide bonds. The summed E-state index contributed by atoms with van der Waals surface area (Å²) in [6, 6.07) is 0. The molecule has 0 radical (unpaired) electrons. The van der Waals surface area contributed by atoms with Crippen molar-refractivity contribution in [3.05, 3.63) is 0 Å². The topological polar surface area (TPSA) is 360 Å². The minimum Gasteiger partial charge on any atom is -0.465 e. The van der Waals surface area contributed by atoms with E-state index in [4.69, 9.17) is 28.4 Å². The Morgan fingerprint density at radius 2 is 0.441 bits per heavy atom. The molecule has 0 aromatic rings. The molecule has 804 valence electrons. The molecule has 136 heavy (non-hydrogen) atoms. The predicted octanol–water partition coefficient (Wildman–Crippen LogP) is 23.7. The van der Waals surface area contributed by atoms with Crippen LogP contribution in [-0.2, 0) is 100 Å². The zero-order valence-corrected chi connectivity index (χ0v) is 98.0. The molecule has 4 N–H and O–H groups in total. The van der Waals surface area contributed by atoms with E-state index in [1.807, 2.05) is 353 Å². The molecule has 0 rings (SSSR count). The zero-order chi connectivity index (χ0) is 111. The second-order valence-electron chi connectivity index (χ2n) is 53.8. The van der Waals surface area contributed by atoms with Crippen molar-refractivity contribution in [2.45, 2.75) is 492 Å². The summed E-state index contributed by atoms with van der Waals surface area (Å²) < 4.78 is 32.1. The summed E-state index contributed by atoms with van der Waals surface area (Å²) in [5.41, 5.74) is -4.71. The van der Waals surface area contributed by atoms with Crippen LogP contribution in [0.15, 0.2) is 0 Å². The number of carbonyl (C=O) groups excluding carboxylic acids is 15. The molecule has 25 nitrogen and oxygen atoms in total. The summed E-state index contributed by atoms with van der Waals surface area (Å²) in [6.07, 6.45) is 8.66. The third kappa shape index (κ3) is 102. The lowest BCUT2D eigenvalue weighted by atomic mass is 9.83. The highest BCUT2D eigenvalue weighted by Gasteiger charge is 2.32. The van der Waals surface area contributed by atoms with Crippen LogP contribution in [0.25, 0.3) is 0 Å². The van der Waals surface area contributed by atoms with Crippen LogP contribution in [0.2, 0.25) is 0 Å². The van der Waals surface area contributed by atoms with Crippen molar-refractivity contribution >= 4 is 87.4 Å². The summed E-state index contributed by atoms with van der Waals surface area (Å²) >= 11 is 0. The second-order valence-corrected chi connectivity index (χ2v) is 53.8. The average molecular weight is 1940 g/mol. The molecule has 0 unspecified atom stereocenters. The summed E-state index contributed by atoms with van der Waals surface area (Å²) in [6.45, 7) is 107. The van der Waals surface area contributed by atoms with Crippen molar-refractivity contribution in [1.82, 2.24) is 21.3 Å². The molecule has 0 aromatic carbocycles. The SMILES string of the molecule is CC(C)(C)C(=O)CCCC(=O)C(C)(C)C.CC(C)(C)C(=O)CCCNC(=O)C(C)(C)C.CC(C)(C)C(=O)CNC(=O)C(C)(C)C.CC(C)(C)CCC(=O)C(C)(C)C.CC(C)(C)OCC(=O)CCCC(=O)C(C)(C)C.CC(C)(C)OCC(=O)NCC(=O)C(C)(C)C.CC(C)(C)OCC(=O)NCCCC(=O)C(C)(C)C.CC(C)(C)OCCC(=O)C(C)(C)C.CC(C)(C)OCCCOC(=O)C(C)(C)C. The summed E-state index contributed by atoms with van der Waals surface area (Å²) in [7, 11) is 0. The molecule has 0 aromatic heterocycles. The summed E-state index contributed by atoms with van der Waals surface area (Å²) in [4.78, 5) is 173. The lowest BCUT2D eigenvalue weighted by Gasteiger charge is -2.21. The molecule has 0 heterocycles. The quantitative estimate of drug-likeness (QED) is 0.0338. The number of rotatable bonds is 35. The number of hydrogen-bond donors (Lipinski definition) is 4. The van der Waals surface area contributed by atoms with Crippen LogP contribution >= 0.6 is 0 Å². The summed E-state index contributed by atoms with van der Waals surface area (Å²) in [5, 5.41) is 10.8. The normalized spacial score (nSPS) is 12.6. The van der Waals surface area contributed by atoms with Gasteiger partial charge in [-0.2, -0.15) is 0 Å². The lowest BCUT2D eigenvalue weighted by molar-refractivity contribution is -0.153. The van der Waals surface area contributed by atoms with E-state index in [1.54, 1.807) is 0 Å². The second kappa shape index (κ2) is 64.4. The first kappa shape index (κ1) is 148. The molecule has 25 heteroatoms. The number of Topliss-reactive ketones (excluding diaryl/α,β-unsaturated/α-hetero) is 10. The molecule has 0 spiro atoms. The van der Waals surface area contributed by atoms with Gasteiger partial charge in [-0.1, -0.05) is 249 Å². The number of amides is 4. The average Bonchev–Trinajstić information content (AvgIpc) is 0.883. The Kier molecular flexibility index (Phi) is 69.9. The van der Waals surface area contributed by atoms with Gasteiger partial charge in [0, 0.05) is 130 Å². The number of hydrogen-bond acceptors (Lipinski definition) is 21. The minimum absolute atomic E-state index is 0.0107. The molecule has 0 saturated heterocycles. The first-order chi connectivity index (χ1) is 59.6. The van der Waals surface area contributed by atoms with E-state index in [1.165, 1.54) is 0 Å². The highest BCUT2D eigenvalue weighted by atomic mass is 16.5. The smallest absolute Gasteiger partial charge is 0.311 e. The fourth-order valence-corrected chi connectivity index (χ4v) is 8.60. The van der Waals surface area contributed by atoms with Gasteiger partial charge in [-0.25, -0.2) is 0 Å². The zero-order valence-electron chi connectivity index (χ0n) is 98.0. The molecule has 0 saturated carbocycles. The van der Waals surface area contributed by atoms with Crippen LogP contribution < -0.4 is 21.3 Å². The van der Waals surface area contributed by atoms with Crippen molar-refractivity contribution in [1.29, 1.82) is 0 Å². The molecular weight excluding hydrogens is 1730 g/mol. The maximum atomic E-state index is 11.6. The molecular formula is C111H214N4O21. The molecule has 0 aliphatic heterocycles. The van der Waals surface area contributed by atoms with Crippen LogP contribution in [0.1, 0.15) is 464 Å². The monoisotopic (exact) mass is 1940 g/mol. The van der Waals surface area contributed by atoms with Crippen molar-refractivity contribution < 1.29 is 100 Å². The van der Waals surface area contributed by atoms with Crippen molar-refractivity contribution in [3.8, 4) is 0 Å². The first-order valence-electron chi connectivity index (χ1n) is 49.4. The number of carbonyl (C=O) groups is 15. The third-order valence-corrected chi connectivity index (χ3v) is 18.8. The van der Waals surface area contributed by atoms with Crippen LogP contribution in [-0.4, -0.2) is 181 Å². The molecule has 0 aliphatic carbocycles. The van der Waals surface area contributed by atoms with E-state index in [9.17, 15) is 71.9 Å². The van der Waals surface area contributed by atoms with Gasteiger partial charge in [0.1, 0.15) is 60.3 Å². The van der Waals surface area contributed by atoms with E-state index in [2.05, 4.69) is 42.0 Å². The van der Waals surface area contributed by atoms with Crippen molar-refractivity contribution in [2.75, 3.05) is 65.8 Å². The standard InChI is InChI=1S/C14H27NO3.C14H26O3.C13H25NO2.C13H24O2.C12H23NO3.C12H24O3.C11H21NO2.C11H22O2.C11H22O/c1-13(2,3)11(16)8-7-9-15-12(17)10-18-14(4,5)6;1-13(2,3)12(16)9-7-8-11(15)10-17-14(4,5)6;1-12(2,3)10(15)8-7-9-14-11(16)13(4,5)6;1-12(2,3)10(14)8-7-9-11(15)13(4,5)6;1-11(2,3)9(14)7-13-10(15)8-16-12(4,5)6;1-11(2,3)10(13)14-8-7-9-15-12(4,5)6;1-10(2,3)8(13)7-12-9(14)11(4,5)6;1-10(2,3)9(12)7-8-13-11(4,5)6;1-10(2,3)8-7-9(12)11(4,5)6/h7-10H2,1-6H3,(H,15,17);7-10H2,1-6H3;7-9H2,1-6H3,(H,14,16);7-9H2,1-6H3;7-8H2,1-6H3,(H,13,15);7-9H2,1-6H3;7H2,1-6H3,(H,12,14);7-8H2,1-6H3;7-8H2,1-6H3. The molecule has 0 fully saturated rings. The van der Waals surface area contributed by atoms with Gasteiger partial charge in [0.25, 0.3) is 0 Å². The predicted molar refractivity (Wildman–Crippen MR) is 559 cm³/mol. The Labute approximate surface area is 832 Å². The fraction of sp³-hybridized carbons (Fsp3) is 0.865. The van der Waals surface area contributed by atoms with E-state index in [0.29, 0.717) is 109 Å². The van der Waals surface area contributed by atoms with Gasteiger partial charge >= 0.3 is 5.97 Å². The van der Waals surface area contributed by atoms with Gasteiger partial charge in [0.15, 0.2) is 17.3 Å². The first-order valence-corrected chi connectivity index (χ1v) is 49.4. The maximum Gasteiger partial charge on any atom is 0.311 e. The Morgan fingerprint density at radius 3 is 0.721 bits per heavy atom. The number of nitrogens with one attached hydrogen (secondary N) is 4. The van der Waals surface area contributed by atoms with Gasteiger partial charge in [0.2, 0.25) is 23.6 Å². The van der Waals surface area contributed by atoms with Gasteiger partial charge in [0.05, 0.1) is 66.3 Å². The molecule has 0 bridgehead atoms. The number of esters is 1. The highest BCUT2D eigenvalue weighted by molar-refractivity contribution is 5.92. The van der Waals surface area contributed by atoms with E-state index in [-0.39, 0.29) is 197 Å². The molecule has 0 atom stereocenters. The van der Waals surface area contributed by atoms with E-state index < -0.39 is 16.2 Å². The van der Waals surface area contributed by atoms with Gasteiger partial charge in [-0.15, -0.1) is 0 Å². The van der Waals surface area contributed by atoms with Crippen LogP contribution in [0.3, 0.4) is 0 Å². The Hall–Kier alpha value is -6.15. The van der Waals surface area contributed by atoms with Gasteiger partial charge in [-0.05, 0) is 162 Å².